The summed E-state index contributed by atoms with van der Waals surface area (Å²) in [5, 5.41) is 15.2. The zero-order valence-electron chi connectivity index (χ0n) is 19.0. The Morgan fingerprint density at radius 2 is 1.91 bits per heavy atom. The molecule has 0 unspecified atom stereocenters. The first-order valence-corrected chi connectivity index (χ1v) is 12.2. The fourth-order valence-electron chi connectivity index (χ4n) is 4.78. The molecule has 4 N–H and O–H groups in total. The van der Waals surface area contributed by atoms with Crippen LogP contribution in [0.2, 0.25) is 0 Å². The number of hydrogen-bond donors (Lipinski definition) is 4. The number of para-hydroxylation sites is 1. The second-order valence-corrected chi connectivity index (χ2v) is 9.60. The van der Waals surface area contributed by atoms with Crippen LogP contribution in [0.25, 0.3) is 10.9 Å². The minimum Gasteiger partial charge on any atom is -0.393 e. The van der Waals surface area contributed by atoms with Crippen LogP contribution in [0, 0.1) is 0 Å². The molecule has 1 aromatic heterocycles. The molecular formula is C26H32N4O2S. The average Bonchev–Trinajstić information content (AvgIpc) is 3.61. The van der Waals surface area contributed by atoms with Gasteiger partial charge in [0.1, 0.15) is 6.23 Å². The minimum atomic E-state index is -0.411. The van der Waals surface area contributed by atoms with Gasteiger partial charge in [-0.05, 0) is 60.2 Å². The molecule has 3 aromatic rings. The van der Waals surface area contributed by atoms with Crippen molar-refractivity contribution in [2.24, 2.45) is 0 Å². The highest BCUT2D eigenvalue weighted by Crippen LogP contribution is 2.40. The van der Waals surface area contributed by atoms with Crippen molar-refractivity contribution in [3.05, 3.63) is 71.4 Å². The quantitative estimate of drug-likeness (QED) is 0.315. The summed E-state index contributed by atoms with van der Waals surface area (Å²) < 4.78 is 8.61. The third-order valence-electron chi connectivity index (χ3n) is 6.67. The van der Waals surface area contributed by atoms with E-state index in [9.17, 15) is 5.11 Å². The van der Waals surface area contributed by atoms with E-state index in [1.165, 1.54) is 34.9 Å². The van der Waals surface area contributed by atoms with Crippen molar-refractivity contribution < 1.29 is 9.84 Å². The Labute approximate surface area is 200 Å². The van der Waals surface area contributed by atoms with Crippen LogP contribution in [-0.4, -0.2) is 40.6 Å². The van der Waals surface area contributed by atoms with Gasteiger partial charge < -0.3 is 19.7 Å². The molecule has 2 heterocycles. The highest BCUT2D eigenvalue weighted by atomic mass is 32.1. The van der Waals surface area contributed by atoms with E-state index in [1.807, 2.05) is 0 Å². The molecule has 1 aliphatic carbocycles. The summed E-state index contributed by atoms with van der Waals surface area (Å²) in [4.78, 5) is 0. The molecular weight excluding hydrogens is 432 g/mol. The van der Waals surface area contributed by atoms with Crippen molar-refractivity contribution >= 4 is 28.2 Å². The largest absolute Gasteiger partial charge is 0.393 e. The number of hydrogen-bond acceptors (Lipinski definition) is 4. The Bertz CT molecular complexity index is 1110. The lowest BCUT2D eigenvalue weighted by atomic mass is 10.0. The smallest absolute Gasteiger partial charge is 0.180 e. The first kappa shape index (κ1) is 22.3. The molecule has 6 nitrogen and oxygen atoms in total. The molecule has 0 amide bonds. The topological polar surface area (TPSA) is 70.5 Å². The second-order valence-electron chi connectivity index (χ2n) is 9.19. The summed E-state index contributed by atoms with van der Waals surface area (Å²) in [5.74, 6) is 0.780. The summed E-state index contributed by atoms with van der Waals surface area (Å²) >= 11 is 5.10. The molecule has 1 aliphatic heterocycles. The molecule has 7 heteroatoms. The Kier molecular flexibility index (Phi) is 6.64. The molecule has 2 fully saturated rings. The van der Waals surface area contributed by atoms with Crippen LogP contribution in [0.1, 0.15) is 54.5 Å². The predicted molar refractivity (Wildman–Crippen MR) is 135 cm³/mol. The molecule has 1 saturated heterocycles. The molecule has 2 aromatic carbocycles. The van der Waals surface area contributed by atoms with E-state index in [1.54, 1.807) is 7.05 Å². The van der Waals surface area contributed by atoms with E-state index in [0.29, 0.717) is 24.5 Å². The van der Waals surface area contributed by atoms with Gasteiger partial charge in [-0.15, -0.1) is 0 Å². The van der Waals surface area contributed by atoms with Crippen LogP contribution < -0.4 is 16.2 Å². The molecule has 174 valence electrons. The lowest BCUT2D eigenvalue weighted by Gasteiger charge is -2.34. The van der Waals surface area contributed by atoms with E-state index in [2.05, 4.69) is 75.5 Å². The van der Waals surface area contributed by atoms with Crippen molar-refractivity contribution in [3.8, 4) is 0 Å². The van der Waals surface area contributed by atoms with Crippen LogP contribution in [0.3, 0.4) is 0 Å². The van der Waals surface area contributed by atoms with Crippen LogP contribution in [0.5, 0.6) is 0 Å². The summed E-state index contributed by atoms with van der Waals surface area (Å²) in [6, 6.07) is 17.6. The van der Waals surface area contributed by atoms with E-state index in [4.69, 9.17) is 17.0 Å². The van der Waals surface area contributed by atoms with Gasteiger partial charge in [-0.3, -0.25) is 5.43 Å². The summed E-state index contributed by atoms with van der Waals surface area (Å²) in [5.41, 5.74) is 11.2. The molecule has 0 spiro atoms. The third kappa shape index (κ3) is 5.22. The fraction of sp³-hybridized carbons (Fsp3) is 0.423. The predicted octanol–water partition coefficient (Wildman–Crippen LogP) is 3.75. The Hall–Kier alpha value is -2.45. The highest BCUT2D eigenvalue weighted by molar-refractivity contribution is 7.80. The molecule has 1 saturated carbocycles. The number of nitrogens with one attached hydrogen (secondary N) is 3. The number of benzene rings is 2. The zero-order chi connectivity index (χ0) is 22.8. The Morgan fingerprint density at radius 1 is 1.12 bits per heavy atom. The summed E-state index contributed by atoms with van der Waals surface area (Å²) in [6.45, 7) is 0.550. The normalized spacial score (nSPS) is 22.9. The van der Waals surface area contributed by atoms with E-state index in [0.717, 1.165) is 17.9 Å². The third-order valence-corrected chi connectivity index (χ3v) is 6.98. The fourth-order valence-corrected chi connectivity index (χ4v) is 4.86. The van der Waals surface area contributed by atoms with Crippen LogP contribution in [-0.2, 0) is 11.2 Å². The van der Waals surface area contributed by atoms with Gasteiger partial charge in [-0.2, -0.15) is 0 Å². The molecule has 5 rings (SSSR count). The Morgan fingerprint density at radius 3 is 2.67 bits per heavy atom. The molecule has 2 aliphatic rings. The van der Waals surface area contributed by atoms with Crippen molar-refractivity contribution in [1.82, 2.24) is 20.7 Å². The average molecular weight is 465 g/mol. The number of hydrazine groups is 1. The SMILES string of the molecule is CNC(=S)NNC[C@@H]1C[C@H](O)C[C@H](n2cc(Cc3ccc(C4CC4)cc3)c3ccccc32)O1. The zero-order valence-corrected chi connectivity index (χ0v) is 19.8. The minimum absolute atomic E-state index is 0.120. The van der Waals surface area contributed by atoms with E-state index in [-0.39, 0.29) is 12.3 Å². The highest BCUT2D eigenvalue weighted by Gasteiger charge is 2.30. The van der Waals surface area contributed by atoms with Gasteiger partial charge in [0.05, 0.1) is 17.7 Å². The molecule has 0 radical (unpaired) electrons. The first-order chi connectivity index (χ1) is 16.1. The van der Waals surface area contributed by atoms with Crippen LogP contribution >= 0.6 is 12.2 Å². The lowest BCUT2D eigenvalue weighted by molar-refractivity contribution is -0.125. The number of ether oxygens (including phenoxy) is 1. The molecule has 0 bridgehead atoms. The number of thiocarbonyl (C=S) groups is 1. The van der Waals surface area contributed by atoms with Gasteiger partial charge in [0.15, 0.2) is 5.11 Å². The lowest BCUT2D eigenvalue weighted by Crippen LogP contribution is -2.48. The first-order valence-electron chi connectivity index (χ1n) is 11.8. The van der Waals surface area contributed by atoms with Crippen molar-refractivity contribution in [3.63, 3.8) is 0 Å². The molecule has 33 heavy (non-hydrogen) atoms. The number of aromatic nitrogens is 1. The van der Waals surface area contributed by atoms with Gasteiger partial charge in [0.25, 0.3) is 0 Å². The number of aliphatic hydroxyl groups excluding tert-OH is 1. The maximum Gasteiger partial charge on any atom is 0.180 e. The number of rotatable bonds is 7. The standard InChI is InChI=1S/C26H32N4O2S/c1-27-26(33)29-28-15-22-13-21(31)14-25(32-22)30-16-20(23-4-2-3-5-24(23)30)12-17-6-8-18(9-7-17)19-10-11-19/h2-9,16,19,21-22,25,28,31H,10-15H2,1H3,(H2,27,29,33)/t21-,22-,25+/m0/s1. The molecule has 3 atom stereocenters. The van der Waals surface area contributed by atoms with Gasteiger partial charge in [-0.1, -0.05) is 42.5 Å². The van der Waals surface area contributed by atoms with Crippen molar-refractivity contribution in [1.29, 1.82) is 0 Å². The number of aliphatic hydroxyl groups is 1. The maximum atomic E-state index is 10.6. The van der Waals surface area contributed by atoms with E-state index >= 15 is 0 Å². The van der Waals surface area contributed by atoms with Crippen molar-refractivity contribution in [2.75, 3.05) is 13.6 Å². The van der Waals surface area contributed by atoms with Crippen LogP contribution in [0.15, 0.2) is 54.7 Å². The summed E-state index contributed by atoms with van der Waals surface area (Å²) in [6.07, 6.45) is 6.17. The van der Waals surface area contributed by atoms with Crippen molar-refractivity contribution in [2.45, 2.75) is 56.5 Å². The second kappa shape index (κ2) is 9.81. The monoisotopic (exact) mass is 464 g/mol. The number of nitrogens with zero attached hydrogens (tertiary/aromatic N) is 1. The van der Waals surface area contributed by atoms with Crippen LogP contribution in [0.4, 0.5) is 0 Å². The van der Waals surface area contributed by atoms with Gasteiger partial charge in [0.2, 0.25) is 0 Å². The Balaban J connectivity index is 1.34. The van der Waals surface area contributed by atoms with E-state index < -0.39 is 6.10 Å². The van der Waals surface area contributed by atoms with Gasteiger partial charge in [-0.25, -0.2) is 5.43 Å². The summed E-state index contributed by atoms with van der Waals surface area (Å²) in [7, 11) is 1.77. The van der Waals surface area contributed by atoms with Gasteiger partial charge in [0, 0.05) is 38.0 Å². The van der Waals surface area contributed by atoms with Gasteiger partial charge >= 0.3 is 0 Å². The number of fused-ring (bicyclic) bond motifs is 1. The maximum absolute atomic E-state index is 10.6.